The van der Waals surface area contributed by atoms with Gasteiger partial charge in [-0.2, -0.15) is 0 Å². The quantitative estimate of drug-likeness (QED) is 0.185. The first-order valence-corrected chi connectivity index (χ1v) is 17.1. The summed E-state index contributed by atoms with van der Waals surface area (Å²) in [5.41, 5.74) is 7.40. The molecule has 4 nitrogen and oxygen atoms in total. The molecule has 8 aromatic rings. The summed E-state index contributed by atoms with van der Waals surface area (Å²) in [5, 5.41) is 15.5. The first-order chi connectivity index (χ1) is 25.4. The van der Waals surface area contributed by atoms with Gasteiger partial charge in [0.2, 0.25) is 0 Å². The van der Waals surface area contributed by atoms with Crippen LogP contribution in [-0.2, 0) is 0 Å². The molecule has 0 saturated heterocycles. The average Bonchev–Trinajstić information content (AvgIpc) is 3.57. The van der Waals surface area contributed by atoms with Crippen molar-refractivity contribution in [3.05, 3.63) is 157 Å². The summed E-state index contributed by atoms with van der Waals surface area (Å²) < 4.78 is 2.05. The second-order valence-electron chi connectivity index (χ2n) is 13.1. The topological polar surface area (TPSA) is 50.9 Å². The fourth-order valence-electron chi connectivity index (χ4n) is 7.96. The first kappa shape index (κ1) is 31.9. The molecular weight excluding hydrogens is 630 g/mol. The normalized spacial score (nSPS) is 15.5. The van der Waals surface area contributed by atoms with Gasteiger partial charge in [-0.05, 0) is 68.0 Å². The minimum Gasteiger partial charge on any atom is -0.509 e. The molecule has 0 spiro atoms. The molecule has 1 aliphatic rings. The third-order valence-electron chi connectivity index (χ3n) is 10.3. The number of hydrogen-bond donors (Lipinski definition) is 1. The van der Waals surface area contributed by atoms with Crippen LogP contribution in [0.5, 0.6) is 5.75 Å². The Bertz CT molecular complexity index is 2690. The van der Waals surface area contributed by atoms with Crippen molar-refractivity contribution in [3.8, 4) is 34.0 Å². The van der Waals surface area contributed by atoms with Crippen LogP contribution in [0.4, 0.5) is 0 Å². The number of hydrogen-bond acceptors (Lipinski definition) is 3. The Morgan fingerprint density at radius 3 is 1.92 bits per heavy atom. The average molecular weight is 657 g/mol. The third-order valence-corrected chi connectivity index (χ3v) is 10.3. The molecule has 0 amide bonds. The third kappa shape index (κ3) is 4.89. The molecule has 2 heterocycles. The Hall–Kier alpha value is -6.00. The zero-order valence-corrected chi connectivity index (χ0v) is 28.1. The molecule has 8 radical (unpaired) electrons. The van der Waals surface area contributed by atoms with Crippen molar-refractivity contribution in [1.29, 1.82) is 0 Å². The van der Waals surface area contributed by atoms with Gasteiger partial charge in [-0.1, -0.05) is 120 Å². The molecule has 0 bridgehead atoms. The van der Waals surface area contributed by atoms with E-state index in [1.165, 1.54) is 21.9 Å². The number of para-hydroxylation sites is 3. The number of nitrogens with zero attached hydrogens (tertiary/aromatic N) is 3. The lowest BCUT2D eigenvalue weighted by molar-refractivity contribution is 0.484. The molecule has 0 saturated carbocycles. The number of allylic oxidation sites excluding steroid dienone is 4. The highest BCUT2D eigenvalue weighted by molar-refractivity contribution is 6.62. The Morgan fingerprint density at radius 2 is 1.21 bits per heavy atom. The van der Waals surface area contributed by atoms with Crippen LogP contribution in [0.2, 0.25) is 0 Å². The molecule has 0 fully saturated rings. The lowest BCUT2D eigenvalue weighted by atomic mass is 9.66. The van der Waals surface area contributed by atoms with Crippen molar-refractivity contribution < 1.29 is 5.11 Å². The van der Waals surface area contributed by atoms with E-state index in [1.54, 1.807) is 0 Å². The second-order valence-corrected chi connectivity index (χ2v) is 13.1. The molecule has 0 aliphatic heterocycles. The molecule has 236 valence electrons. The van der Waals surface area contributed by atoms with Gasteiger partial charge in [0.15, 0.2) is 0 Å². The molecule has 6 aromatic carbocycles. The molecule has 2 aromatic heterocycles. The van der Waals surface area contributed by atoms with Crippen molar-refractivity contribution >= 4 is 85.8 Å². The zero-order valence-electron chi connectivity index (χ0n) is 28.1. The van der Waals surface area contributed by atoms with Crippen LogP contribution < -0.4 is 21.9 Å². The number of pyridine rings is 1. The molecule has 52 heavy (non-hydrogen) atoms. The number of imidazole rings is 1. The maximum Gasteiger partial charge on any atom is 0.144 e. The summed E-state index contributed by atoms with van der Waals surface area (Å²) in [5.74, 6) is 0.307. The Kier molecular flexibility index (Phi) is 7.77. The minimum absolute atomic E-state index is 0.0104. The fourth-order valence-corrected chi connectivity index (χ4v) is 7.96. The highest BCUT2D eigenvalue weighted by Gasteiger charge is 2.29. The molecule has 1 N–H and O–H groups in total. The highest BCUT2D eigenvalue weighted by Crippen LogP contribution is 2.48. The molecular formula is C44H27B4N3O. The van der Waals surface area contributed by atoms with Crippen molar-refractivity contribution in [1.82, 2.24) is 14.5 Å². The standard InChI is InChI=1S/C44H27B4N3O/c45-39-38(40(46)43(52)42(48)41(39)47)44-50-33-20-8-10-22-35(33)51(44)34-21-9-7-19-32(34)37-30-17-5-3-15-28(30)36(29-16-4-6-18-31(29)37)27-14-2-1-13-26(27)25-12-11-23-49-24-25/h1-24,26-27,52H. The Morgan fingerprint density at radius 1 is 0.577 bits per heavy atom. The fraction of sp³-hybridized carbons (Fsp3) is 0.0455. The van der Waals surface area contributed by atoms with Crippen LogP contribution in [0.1, 0.15) is 23.0 Å². The molecule has 9 rings (SSSR count). The van der Waals surface area contributed by atoms with Gasteiger partial charge in [0.25, 0.3) is 0 Å². The molecule has 2 unspecified atom stereocenters. The van der Waals surface area contributed by atoms with Gasteiger partial charge in [-0.15, -0.1) is 5.46 Å². The first-order valence-electron chi connectivity index (χ1n) is 17.1. The van der Waals surface area contributed by atoms with Gasteiger partial charge in [0.05, 0.1) is 16.7 Å². The number of aromatic nitrogens is 3. The van der Waals surface area contributed by atoms with Gasteiger partial charge in [-0.25, -0.2) is 4.98 Å². The van der Waals surface area contributed by atoms with E-state index in [4.69, 9.17) is 36.4 Å². The van der Waals surface area contributed by atoms with E-state index in [1.807, 2.05) is 53.4 Å². The summed E-state index contributed by atoms with van der Waals surface area (Å²) >= 11 is 0. The van der Waals surface area contributed by atoms with Crippen molar-refractivity contribution in [3.63, 3.8) is 0 Å². The van der Waals surface area contributed by atoms with Crippen molar-refractivity contribution in [2.24, 2.45) is 0 Å². The maximum absolute atomic E-state index is 10.9. The number of aromatic hydroxyl groups is 1. The second kappa shape index (κ2) is 12.6. The maximum atomic E-state index is 10.9. The van der Waals surface area contributed by atoms with E-state index >= 15 is 0 Å². The minimum atomic E-state index is -0.322. The molecule has 1 aliphatic carbocycles. The van der Waals surface area contributed by atoms with Crippen molar-refractivity contribution in [2.75, 3.05) is 0 Å². The molecule has 2 atom stereocenters. The summed E-state index contributed by atoms with van der Waals surface area (Å²) in [6.07, 6.45) is 12.7. The summed E-state index contributed by atoms with van der Waals surface area (Å²) in [7, 11) is 25.6. The van der Waals surface area contributed by atoms with E-state index < -0.39 is 0 Å². The number of fused-ring (bicyclic) bond motifs is 3. The lowest BCUT2D eigenvalue weighted by Crippen LogP contribution is -2.44. The van der Waals surface area contributed by atoms with E-state index in [0.717, 1.165) is 38.6 Å². The number of phenols is 1. The van der Waals surface area contributed by atoms with Crippen LogP contribution in [-0.4, -0.2) is 51.0 Å². The SMILES string of the molecule is [B]c1c([B])c(O)c([B])c(-c2nc3ccccc3n2-c2ccccc2-c2c3ccccc3c(C3C=CC=CC3c3cccnc3)c3ccccc23)c1[B]. The van der Waals surface area contributed by atoms with Crippen LogP contribution >= 0.6 is 0 Å². The van der Waals surface area contributed by atoms with Gasteiger partial charge >= 0.3 is 0 Å². The smallest absolute Gasteiger partial charge is 0.144 e. The highest BCUT2D eigenvalue weighted by atomic mass is 16.3. The summed E-state index contributed by atoms with van der Waals surface area (Å²) in [6.45, 7) is 0. The predicted molar refractivity (Wildman–Crippen MR) is 218 cm³/mol. The van der Waals surface area contributed by atoms with Gasteiger partial charge in [0, 0.05) is 35.4 Å². The lowest BCUT2D eigenvalue weighted by Gasteiger charge is -2.29. The predicted octanol–water partition coefficient (Wildman–Crippen LogP) is 5.94. The largest absolute Gasteiger partial charge is 0.509 e. The summed E-state index contributed by atoms with van der Waals surface area (Å²) in [4.78, 5) is 9.51. The van der Waals surface area contributed by atoms with Crippen LogP contribution in [0.3, 0.4) is 0 Å². The Balaban J connectivity index is 1.36. The van der Waals surface area contributed by atoms with Crippen molar-refractivity contribution in [2.45, 2.75) is 11.8 Å². The zero-order chi connectivity index (χ0) is 35.5. The molecule has 8 heteroatoms. The summed E-state index contributed by atoms with van der Waals surface area (Å²) in [6, 6.07) is 37.6. The van der Waals surface area contributed by atoms with Gasteiger partial charge < -0.3 is 5.11 Å². The van der Waals surface area contributed by atoms with Crippen LogP contribution in [0.25, 0.3) is 60.8 Å². The van der Waals surface area contributed by atoms with Gasteiger partial charge in [-0.3, -0.25) is 9.55 Å². The van der Waals surface area contributed by atoms with Crippen LogP contribution in [0.15, 0.2) is 146 Å². The van der Waals surface area contributed by atoms with E-state index in [0.29, 0.717) is 11.4 Å². The Labute approximate surface area is 307 Å². The monoisotopic (exact) mass is 657 g/mol. The number of rotatable bonds is 5. The van der Waals surface area contributed by atoms with E-state index in [9.17, 15) is 5.11 Å². The van der Waals surface area contributed by atoms with Gasteiger partial charge in [0.1, 0.15) is 43.0 Å². The van der Waals surface area contributed by atoms with Crippen LogP contribution in [0, 0.1) is 0 Å². The number of benzene rings is 6. The van der Waals surface area contributed by atoms with E-state index in [-0.39, 0.29) is 39.4 Å². The number of phenolic OH excluding ortho intramolecular Hbond substituents is 1. The van der Waals surface area contributed by atoms with E-state index in [2.05, 4.69) is 102 Å².